The summed E-state index contributed by atoms with van der Waals surface area (Å²) in [4.78, 5) is 24.5. The Morgan fingerprint density at radius 2 is 1.53 bits per heavy atom. The number of aryl methyl sites for hydroxylation is 1. The number of hydrogen-bond donors (Lipinski definition) is 2. The van der Waals surface area contributed by atoms with Crippen LogP contribution in [0.4, 0.5) is 5.69 Å². The molecule has 4 aromatic carbocycles. The zero-order valence-electron chi connectivity index (χ0n) is 21.3. The Labute approximate surface area is 221 Å². The van der Waals surface area contributed by atoms with Crippen LogP contribution in [0.1, 0.15) is 18.1 Å². The molecule has 0 aliphatic carbocycles. The summed E-state index contributed by atoms with van der Waals surface area (Å²) >= 11 is 0. The molecule has 8 nitrogen and oxygen atoms in total. The van der Waals surface area contributed by atoms with E-state index < -0.39 is 5.91 Å². The summed E-state index contributed by atoms with van der Waals surface area (Å²) in [6, 6.07) is 26.2. The third-order valence-corrected chi connectivity index (χ3v) is 5.47. The van der Waals surface area contributed by atoms with Crippen molar-refractivity contribution in [3.05, 3.63) is 96.1 Å². The largest absolute Gasteiger partial charge is 0.490 e. The zero-order valence-corrected chi connectivity index (χ0v) is 21.3. The smallest absolute Gasteiger partial charge is 0.277 e. The van der Waals surface area contributed by atoms with Crippen molar-refractivity contribution in [3.8, 4) is 17.2 Å². The van der Waals surface area contributed by atoms with Gasteiger partial charge in [-0.15, -0.1) is 0 Å². The maximum absolute atomic E-state index is 12.3. The zero-order chi connectivity index (χ0) is 26.7. The van der Waals surface area contributed by atoms with Gasteiger partial charge in [-0.3, -0.25) is 9.59 Å². The van der Waals surface area contributed by atoms with Gasteiger partial charge in [-0.05, 0) is 61.2 Å². The first-order chi connectivity index (χ1) is 18.5. The summed E-state index contributed by atoms with van der Waals surface area (Å²) in [6.07, 6.45) is 1.49. The topological polar surface area (TPSA) is 98.2 Å². The molecule has 2 N–H and O–H groups in total. The molecule has 194 valence electrons. The van der Waals surface area contributed by atoms with E-state index >= 15 is 0 Å². The molecule has 4 rings (SSSR count). The SMILES string of the molecule is CCOc1cc(/C=N/NC(=O)COc2cccc3ccccc23)ccc1OCC(=O)Nc1ccc(C)cc1. The van der Waals surface area contributed by atoms with Crippen LogP contribution in [-0.4, -0.2) is 37.8 Å². The average Bonchev–Trinajstić information content (AvgIpc) is 2.93. The average molecular weight is 512 g/mol. The number of fused-ring (bicyclic) bond motifs is 1. The summed E-state index contributed by atoms with van der Waals surface area (Å²) in [5.74, 6) is 0.849. The van der Waals surface area contributed by atoms with E-state index in [4.69, 9.17) is 14.2 Å². The quantitative estimate of drug-likeness (QED) is 0.216. The number of nitrogens with zero attached hydrogens (tertiary/aromatic N) is 1. The molecule has 0 aromatic heterocycles. The van der Waals surface area contributed by atoms with Crippen molar-refractivity contribution in [1.82, 2.24) is 5.43 Å². The van der Waals surface area contributed by atoms with Crippen LogP contribution in [-0.2, 0) is 9.59 Å². The molecule has 4 aromatic rings. The molecule has 0 spiro atoms. The van der Waals surface area contributed by atoms with E-state index in [0.29, 0.717) is 35.1 Å². The van der Waals surface area contributed by atoms with Gasteiger partial charge in [0.1, 0.15) is 5.75 Å². The van der Waals surface area contributed by atoms with Crippen LogP contribution in [0.3, 0.4) is 0 Å². The van der Waals surface area contributed by atoms with Crippen LogP contribution in [0.2, 0.25) is 0 Å². The summed E-state index contributed by atoms with van der Waals surface area (Å²) in [6.45, 7) is 3.90. The first kappa shape index (κ1) is 26.2. The lowest BCUT2D eigenvalue weighted by Crippen LogP contribution is -2.24. The predicted octanol–water partition coefficient (Wildman–Crippen LogP) is 5.09. The first-order valence-corrected chi connectivity index (χ1v) is 12.2. The lowest BCUT2D eigenvalue weighted by Gasteiger charge is -2.13. The van der Waals surface area contributed by atoms with E-state index in [9.17, 15) is 9.59 Å². The van der Waals surface area contributed by atoms with Gasteiger partial charge < -0.3 is 19.5 Å². The molecule has 8 heteroatoms. The molecular formula is C30H29N3O5. The third kappa shape index (κ3) is 7.33. The lowest BCUT2D eigenvalue weighted by molar-refractivity contribution is -0.123. The molecule has 0 saturated carbocycles. The summed E-state index contributed by atoms with van der Waals surface area (Å²) in [5, 5.41) is 8.77. The Morgan fingerprint density at radius 1 is 0.789 bits per heavy atom. The van der Waals surface area contributed by atoms with Crippen LogP contribution in [0.5, 0.6) is 17.2 Å². The van der Waals surface area contributed by atoms with Gasteiger partial charge in [-0.2, -0.15) is 5.10 Å². The molecule has 0 fully saturated rings. The molecule has 0 aliphatic rings. The van der Waals surface area contributed by atoms with E-state index in [1.165, 1.54) is 6.21 Å². The summed E-state index contributed by atoms with van der Waals surface area (Å²) in [5.41, 5.74) is 4.95. The van der Waals surface area contributed by atoms with Crippen molar-refractivity contribution in [1.29, 1.82) is 0 Å². The third-order valence-electron chi connectivity index (χ3n) is 5.47. The van der Waals surface area contributed by atoms with Crippen molar-refractivity contribution in [2.45, 2.75) is 13.8 Å². The minimum Gasteiger partial charge on any atom is -0.490 e. The minimum atomic E-state index is -0.390. The molecule has 0 saturated heterocycles. The van der Waals surface area contributed by atoms with Gasteiger partial charge in [0.2, 0.25) is 0 Å². The fraction of sp³-hybridized carbons (Fsp3) is 0.167. The second-order valence-corrected chi connectivity index (χ2v) is 8.40. The molecule has 0 heterocycles. The van der Waals surface area contributed by atoms with Crippen LogP contribution >= 0.6 is 0 Å². The molecular weight excluding hydrogens is 482 g/mol. The van der Waals surface area contributed by atoms with E-state index in [2.05, 4.69) is 15.8 Å². The van der Waals surface area contributed by atoms with Gasteiger partial charge in [0.05, 0.1) is 12.8 Å². The number of hydrazone groups is 1. The Balaban J connectivity index is 1.29. The number of carbonyl (C=O) groups excluding carboxylic acids is 2. The number of rotatable bonds is 11. The highest BCUT2D eigenvalue weighted by molar-refractivity contribution is 5.92. The normalized spacial score (nSPS) is 10.8. The molecule has 0 unspecified atom stereocenters. The monoisotopic (exact) mass is 511 g/mol. The molecule has 2 amide bonds. The van der Waals surface area contributed by atoms with Crippen LogP contribution in [0, 0.1) is 6.92 Å². The van der Waals surface area contributed by atoms with E-state index in [1.807, 2.05) is 80.6 Å². The van der Waals surface area contributed by atoms with Crippen molar-refractivity contribution in [2.24, 2.45) is 5.10 Å². The van der Waals surface area contributed by atoms with Gasteiger partial charge in [-0.25, -0.2) is 5.43 Å². The van der Waals surface area contributed by atoms with E-state index in [1.54, 1.807) is 18.2 Å². The summed E-state index contributed by atoms with van der Waals surface area (Å²) < 4.78 is 17.0. The molecule has 0 aliphatic heterocycles. The fourth-order valence-electron chi connectivity index (χ4n) is 3.65. The number of benzene rings is 4. The first-order valence-electron chi connectivity index (χ1n) is 12.2. The number of carbonyl (C=O) groups is 2. The fourth-order valence-corrected chi connectivity index (χ4v) is 3.65. The highest BCUT2D eigenvalue weighted by Gasteiger charge is 2.10. The minimum absolute atomic E-state index is 0.172. The van der Waals surface area contributed by atoms with Crippen LogP contribution < -0.4 is 25.0 Å². The summed E-state index contributed by atoms with van der Waals surface area (Å²) in [7, 11) is 0. The van der Waals surface area contributed by atoms with Gasteiger partial charge in [-0.1, -0.05) is 54.1 Å². The van der Waals surface area contributed by atoms with Crippen LogP contribution in [0.15, 0.2) is 90.0 Å². The molecule has 0 atom stereocenters. The highest BCUT2D eigenvalue weighted by Crippen LogP contribution is 2.28. The van der Waals surface area contributed by atoms with Crippen molar-refractivity contribution >= 4 is 34.5 Å². The van der Waals surface area contributed by atoms with Crippen molar-refractivity contribution in [2.75, 3.05) is 25.1 Å². The second kappa shape index (κ2) is 12.9. The Hall–Kier alpha value is -4.85. The lowest BCUT2D eigenvalue weighted by atomic mass is 10.1. The van der Waals surface area contributed by atoms with Gasteiger partial charge in [0.25, 0.3) is 11.8 Å². The highest BCUT2D eigenvalue weighted by atomic mass is 16.5. The molecule has 0 radical (unpaired) electrons. The van der Waals surface area contributed by atoms with E-state index in [0.717, 1.165) is 16.3 Å². The van der Waals surface area contributed by atoms with Gasteiger partial charge in [0, 0.05) is 11.1 Å². The number of nitrogens with one attached hydrogen (secondary N) is 2. The van der Waals surface area contributed by atoms with Gasteiger partial charge in [0.15, 0.2) is 24.7 Å². The maximum atomic E-state index is 12.3. The number of amides is 2. The predicted molar refractivity (Wildman–Crippen MR) is 148 cm³/mol. The maximum Gasteiger partial charge on any atom is 0.277 e. The Morgan fingerprint density at radius 3 is 2.34 bits per heavy atom. The number of ether oxygens (including phenoxy) is 3. The second-order valence-electron chi connectivity index (χ2n) is 8.40. The van der Waals surface area contributed by atoms with Gasteiger partial charge >= 0.3 is 0 Å². The molecule has 38 heavy (non-hydrogen) atoms. The number of anilines is 1. The standard InChI is InChI=1S/C30H29N3O5/c1-3-36-28-17-22(13-16-27(28)38-19-29(34)32-24-14-11-21(2)12-15-24)18-31-33-30(35)20-37-26-10-6-8-23-7-4-5-9-25(23)26/h4-18H,3,19-20H2,1-2H3,(H,32,34)(H,33,35)/b31-18+. The Kier molecular flexibility index (Phi) is 8.91. The van der Waals surface area contributed by atoms with Crippen molar-refractivity contribution < 1.29 is 23.8 Å². The van der Waals surface area contributed by atoms with Crippen LogP contribution in [0.25, 0.3) is 10.8 Å². The van der Waals surface area contributed by atoms with Crippen molar-refractivity contribution in [3.63, 3.8) is 0 Å². The van der Waals surface area contributed by atoms with E-state index in [-0.39, 0.29) is 19.1 Å². The Bertz CT molecular complexity index is 1430. The molecule has 0 bridgehead atoms. The number of hydrogen-bond acceptors (Lipinski definition) is 6.